The molecule has 1 fully saturated rings. The van der Waals surface area contributed by atoms with Crippen LogP contribution < -0.4 is 5.32 Å². The molecule has 2 aliphatic heterocycles. The van der Waals surface area contributed by atoms with Gasteiger partial charge in [0, 0.05) is 42.4 Å². The van der Waals surface area contributed by atoms with Gasteiger partial charge in [-0.15, -0.1) is 0 Å². The highest BCUT2D eigenvalue weighted by molar-refractivity contribution is 5.99. The van der Waals surface area contributed by atoms with Crippen molar-refractivity contribution in [1.29, 1.82) is 0 Å². The van der Waals surface area contributed by atoms with Gasteiger partial charge in [-0.1, -0.05) is 30.0 Å². The molecule has 7 nitrogen and oxygen atoms in total. The number of fused-ring (bicyclic) bond motifs is 1. The van der Waals surface area contributed by atoms with Crippen LogP contribution in [0.4, 0.5) is 4.79 Å². The number of rotatable bonds is 3. The fourth-order valence-electron chi connectivity index (χ4n) is 4.41. The Labute approximate surface area is 212 Å². The van der Waals surface area contributed by atoms with E-state index >= 15 is 0 Å². The Morgan fingerprint density at radius 2 is 1.69 bits per heavy atom. The normalized spacial score (nSPS) is 16.0. The molecule has 2 aromatic rings. The van der Waals surface area contributed by atoms with Gasteiger partial charge in [-0.05, 0) is 75.9 Å². The number of likely N-dealkylation sites (tertiary alicyclic amines) is 1. The molecule has 0 radical (unpaired) electrons. The van der Waals surface area contributed by atoms with E-state index in [1.165, 1.54) is 0 Å². The minimum atomic E-state index is -0.529. The molecule has 1 saturated heterocycles. The first kappa shape index (κ1) is 25.3. The van der Waals surface area contributed by atoms with Gasteiger partial charge in [0.15, 0.2) is 0 Å². The van der Waals surface area contributed by atoms with E-state index in [1.807, 2.05) is 69.3 Å². The quantitative estimate of drug-likeness (QED) is 0.671. The summed E-state index contributed by atoms with van der Waals surface area (Å²) in [5.41, 5.74) is 2.88. The Morgan fingerprint density at radius 3 is 2.39 bits per heavy atom. The van der Waals surface area contributed by atoms with Crippen LogP contribution in [-0.4, -0.2) is 65.5 Å². The predicted octanol–water partition coefficient (Wildman–Crippen LogP) is 3.60. The Balaban J connectivity index is 1.28. The first-order valence-corrected chi connectivity index (χ1v) is 12.4. The fraction of sp³-hybridized carbons (Fsp3) is 0.414. The van der Waals surface area contributed by atoms with Gasteiger partial charge in [0.05, 0.1) is 6.54 Å². The van der Waals surface area contributed by atoms with Crippen LogP contribution in [0.1, 0.15) is 60.7 Å². The number of hydrogen-bond donors (Lipinski definition) is 1. The molecule has 0 spiro atoms. The lowest BCUT2D eigenvalue weighted by Gasteiger charge is -2.34. The first-order valence-electron chi connectivity index (χ1n) is 12.4. The molecule has 2 aromatic carbocycles. The number of carbonyl (C=O) groups is 3. The zero-order valence-electron chi connectivity index (χ0n) is 21.2. The monoisotopic (exact) mass is 487 g/mol. The van der Waals surface area contributed by atoms with Crippen LogP contribution in [0, 0.1) is 11.8 Å². The maximum atomic E-state index is 13.0. The number of ether oxygens (including phenoxy) is 1. The van der Waals surface area contributed by atoms with Gasteiger partial charge in [-0.25, -0.2) is 4.79 Å². The standard InChI is InChI=1S/C29H33N3O4/c1-29(2,3)36-28(35)31-17-14-24(15-18-31)30-26(33)20-32-16-13-23-19-22(11-12-25(23)27(32)34)10-9-21-7-5-4-6-8-21/h4-8,11-12,19,24H,13-18,20H2,1-3H3,(H,30,33). The highest BCUT2D eigenvalue weighted by Gasteiger charge is 2.29. The summed E-state index contributed by atoms with van der Waals surface area (Å²) in [4.78, 5) is 41.2. The minimum Gasteiger partial charge on any atom is -0.444 e. The molecular weight excluding hydrogens is 454 g/mol. The Hall–Kier alpha value is -3.79. The summed E-state index contributed by atoms with van der Waals surface area (Å²) >= 11 is 0. The maximum Gasteiger partial charge on any atom is 0.410 e. The lowest BCUT2D eigenvalue weighted by atomic mass is 9.96. The first-order chi connectivity index (χ1) is 17.2. The molecule has 0 bridgehead atoms. The summed E-state index contributed by atoms with van der Waals surface area (Å²) in [6, 6.07) is 15.4. The molecule has 2 heterocycles. The van der Waals surface area contributed by atoms with Gasteiger partial charge < -0.3 is 19.9 Å². The van der Waals surface area contributed by atoms with Crippen LogP contribution in [0.15, 0.2) is 48.5 Å². The maximum absolute atomic E-state index is 13.0. The van der Waals surface area contributed by atoms with E-state index in [1.54, 1.807) is 9.80 Å². The Bertz CT molecular complexity index is 1180. The van der Waals surface area contributed by atoms with Gasteiger partial charge in [0.2, 0.25) is 5.91 Å². The third-order valence-corrected chi connectivity index (χ3v) is 6.25. The molecule has 0 aliphatic carbocycles. The second-order valence-corrected chi connectivity index (χ2v) is 10.3. The van der Waals surface area contributed by atoms with Crippen molar-refractivity contribution in [3.8, 4) is 11.8 Å². The Morgan fingerprint density at radius 1 is 1.00 bits per heavy atom. The lowest BCUT2D eigenvalue weighted by Crippen LogP contribution is -2.50. The van der Waals surface area contributed by atoms with Crippen molar-refractivity contribution in [2.75, 3.05) is 26.2 Å². The predicted molar refractivity (Wildman–Crippen MR) is 137 cm³/mol. The lowest BCUT2D eigenvalue weighted by molar-refractivity contribution is -0.122. The number of nitrogens with one attached hydrogen (secondary N) is 1. The number of piperidine rings is 1. The third-order valence-electron chi connectivity index (χ3n) is 6.25. The number of nitrogens with zero attached hydrogens (tertiary/aromatic N) is 2. The van der Waals surface area contributed by atoms with Gasteiger partial charge in [0.1, 0.15) is 5.60 Å². The smallest absolute Gasteiger partial charge is 0.410 e. The summed E-state index contributed by atoms with van der Waals surface area (Å²) in [6.07, 6.45) is 1.69. The minimum absolute atomic E-state index is 0.0193. The topological polar surface area (TPSA) is 79.0 Å². The van der Waals surface area contributed by atoms with E-state index in [0.717, 1.165) is 16.7 Å². The van der Waals surface area contributed by atoms with Crippen LogP contribution in [0.5, 0.6) is 0 Å². The SMILES string of the molecule is CC(C)(C)OC(=O)N1CCC(NC(=O)CN2CCc3cc(C#Cc4ccccc4)ccc3C2=O)CC1. The molecule has 7 heteroatoms. The summed E-state index contributed by atoms with van der Waals surface area (Å²) in [5, 5.41) is 3.03. The second-order valence-electron chi connectivity index (χ2n) is 10.3. The average Bonchev–Trinajstić information content (AvgIpc) is 2.84. The zero-order chi connectivity index (χ0) is 25.7. The van der Waals surface area contributed by atoms with Crippen molar-refractivity contribution < 1.29 is 19.1 Å². The van der Waals surface area contributed by atoms with Crippen molar-refractivity contribution in [1.82, 2.24) is 15.1 Å². The summed E-state index contributed by atoms with van der Waals surface area (Å²) in [5.74, 6) is 6.00. The number of hydrogen-bond acceptors (Lipinski definition) is 4. The van der Waals surface area contributed by atoms with E-state index in [2.05, 4.69) is 17.2 Å². The van der Waals surface area contributed by atoms with Crippen molar-refractivity contribution in [2.45, 2.75) is 51.7 Å². The molecule has 188 valence electrons. The number of amides is 3. The van der Waals surface area contributed by atoms with E-state index < -0.39 is 5.60 Å². The molecule has 1 N–H and O–H groups in total. The molecule has 0 saturated carbocycles. The zero-order valence-corrected chi connectivity index (χ0v) is 21.2. The average molecular weight is 488 g/mol. The van der Waals surface area contributed by atoms with Crippen molar-refractivity contribution in [2.24, 2.45) is 0 Å². The molecule has 2 aliphatic rings. The fourth-order valence-corrected chi connectivity index (χ4v) is 4.41. The molecule has 36 heavy (non-hydrogen) atoms. The Kier molecular flexibility index (Phi) is 7.64. The molecular formula is C29H33N3O4. The van der Waals surface area contributed by atoms with Crippen molar-refractivity contribution in [3.05, 3.63) is 70.8 Å². The highest BCUT2D eigenvalue weighted by atomic mass is 16.6. The van der Waals surface area contributed by atoms with Crippen LogP contribution in [0.3, 0.4) is 0 Å². The van der Waals surface area contributed by atoms with E-state index in [-0.39, 0.29) is 30.5 Å². The molecule has 0 aromatic heterocycles. The molecule has 3 amide bonds. The van der Waals surface area contributed by atoms with Gasteiger partial charge in [-0.2, -0.15) is 0 Å². The van der Waals surface area contributed by atoms with Gasteiger partial charge >= 0.3 is 6.09 Å². The third kappa shape index (κ3) is 6.66. The summed E-state index contributed by atoms with van der Waals surface area (Å²) in [7, 11) is 0. The van der Waals surface area contributed by atoms with Gasteiger partial charge in [-0.3, -0.25) is 9.59 Å². The number of benzene rings is 2. The summed E-state index contributed by atoms with van der Waals surface area (Å²) < 4.78 is 5.42. The largest absolute Gasteiger partial charge is 0.444 e. The summed E-state index contributed by atoms with van der Waals surface area (Å²) in [6.45, 7) is 7.12. The van der Waals surface area contributed by atoms with E-state index in [0.29, 0.717) is 44.5 Å². The van der Waals surface area contributed by atoms with E-state index in [4.69, 9.17) is 4.74 Å². The highest BCUT2D eigenvalue weighted by Crippen LogP contribution is 2.21. The number of carbonyl (C=O) groups excluding carboxylic acids is 3. The van der Waals surface area contributed by atoms with Crippen LogP contribution in [-0.2, 0) is 16.0 Å². The van der Waals surface area contributed by atoms with Crippen molar-refractivity contribution in [3.63, 3.8) is 0 Å². The second kappa shape index (κ2) is 10.9. The van der Waals surface area contributed by atoms with E-state index in [9.17, 15) is 14.4 Å². The van der Waals surface area contributed by atoms with Gasteiger partial charge in [0.25, 0.3) is 5.91 Å². The molecule has 0 unspecified atom stereocenters. The van der Waals surface area contributed by atoms with Crippen LogP contribution in [0.2, 0.25) is 0 Å². The molecule has 4 rings (SSSR count). The molecule has 0 atom stereocenters. The van der Waals surface area contributed by atoms with Crippen LogP contribution in [0.25, 0.3) is 0 Å². The van der Waals surface area contributed by atoms with Crippen LogP contribution >= 0.6 is 0 Å². The van der Waals surface area contributed by atoms with Crippen molar-refractivity contribution >= 4 is 17.9 Å².